The van der Waals surface area contributed by atoms with Crippen LogP contribution in [-0.2, 0) is 4.79 Å². The topological polar surface area (TPSA) is 103 Å². The van der Waals surface area contributed by atoms with Crippen LogP contribution < -0.4 is 10.2 Å². The van der Waals surface area contributed by atoms with Gasteiger partial charge in [0.25, 0.3) is 5.91 Å². The zero-order valence-electron chi connectivity index (χ0n) is 20.1. The Kier molecular flexibility index (Phi) is 5.19. The van der Waals surface area contributed by atoms with Crippen molar-refractivity contribution in [2.75, 3.05) is 18.0 Å². The first-order valence-corrected chi connectivity index (χ1v) is 14.4. The first-order valence-electron chi connectivity index (χ1n) is 13.6. The van der Waals surface area contributed by atoms with Crippen molar-refractivity contribution in [3.05, 3.63) is 17.7 Å². The van der Waals surface area contributed by atoms with Crippen LogP contribution in [0.1, 0.15) is 68.1 Å². The number of rotatable bonds is 6. The molecule has 6 unspecified atom stereocenters. The van der Waals surface area contributed by atoms with E-state index in [4.69, 9.17) is 4.98 Å². The predicted octanol–water partition coefficient (Wildman–Crippen LogP) is 3.55. The van der Waals surface area contributed by atoms with E-state index in [9.17, 15) is 19.8 Å². The highest BCUT2D eigenvalue weighted by Gasteiger charge is 2.60. The van der Waals surface area contributed by atoms with E-state index in [1.807, 2.05) is 12.1 Å². The quantitative estimate of drug-likeness (QED) is 0.552. The molecule has 1 aliphatic heterocycles. The lowest BCUT2D eigenvalue weighted by Crippen LogP contribution is -2.61. The predicted molar refractivity (Wildman–Crippen MR) is 132 cm³/mol. The first-order chi connectivity index (χ1) is 16.9. The largest absolute Gasteiger partial charge is 0.481 e. The van der Waals surface area contributed by atoms with Gasteiger partial charge in [-0.25, -0.2) is 4.98 Å². The molecule has 35 heavy (non-hydrogen) atoms. The van der Waals surface area contributed by atoms with Gasteiger partial charge in [0, 0.05) is 24.4 Å². The zero-order valence-corrected chi connectivity index (χ0v) is 20.9. The summed E-state index contributed by atoms with van der Waals surface area (Å²) >= 11 is 1.75. The molecule has 2 heterocycles. The van der Waals surface area contributed by atoms with Crippen molar-refractivity contribution < 1.29 is 19.8 Å². The Morgan fingerprint density at radius 3 is 2.37 bits per heavy atom. The molecule has 0 spiro atoms. The molecule has 1 amide bonds. The standard InChI is InChI=1S/C27H35N3O4S/c31-24(29-23-15-7-14-8-16(23)11-27(34,9-14)10-15)18-5-6-21(28-25(18)35-17-3-1-2-4-17)30-12-19-20(13-30)22(19)26(32)33/h5-6,14-17,19-20,22-23,34H,1-4,7-13H2,(H,29,31)(H,32,33)/t14?,15-,16?,19?,20?,22?,23?,27?/m1/s1. The molecule has 7 atom stereocenters. The number of aromatic nitrogens is 1. The van der Waals surface area contributed by atoms with Gasteiger partial charge in [-0.1, -0.05) is 12.8 Å². The average Bonchev–Trinajstić information content (AvgIpc) is 3.14. The van der Waals surface area contributed by atoms with Crippen molar-refractivity contribution in [1.29, 1.82) is 0 Å². The lowest BCUT2D eigenvalue weighted by molar-refractivity contribution is -0.139. The fraction of sp³-hybridized carbons (Fsp3) is 0.741. The van der Waals surface area contributed by atoms with Crippen molar-refractivity contribution in [2.45, 2.75) is 79.7 Å². The first kappa shape index (κ1) is 22.4. The molecule has 8 rings (SSSR count). The zero-order chi connectivity index (χ0) is 23.9. The van der Waals surface area contributed by atoms with E-state index in [0.29, 0.717) is 28.6 Å². The van der Waals surface area contributed by atoms with E-state index in [-0.39, 0.29) is 29.7 Å². The van der Waals surface area contributed by atoms with Crippen molar-refractivity contribution in [2.24, 2.45) is 35.5 Å². The van der Waals surface area contributed by atoms with E-state index in [1.165, 1.54) is 25.7 Å². The normalized spacial score (nSPS) is 41.3. The second-order valence-corrected chi connectivity index (χ2v) is 13.6. The molecule has 0 radical (unpaired) electrons. The van der Waals surface area contributed by atoms with Crippen LogP contribution in [-0.4, -0.2) is 57.1 Å². The summed E-state index contributed by atoms with van der Waals surface area (Å²) in [6.07, 6.45) is 9.64. The number of amides is 1. The summed E-state index contributed by atoms with van der Waals surface area (Å²) in [4.78, 5) is 32.2. The van der Waals surface area contributed by atoms with Gasteiger partial charge < -0.3 is 20.4 Å². The molecule has 1 aromatic heterocycles. The van der Waals surface area contributed by atoms with Gasteiger partial charge >= 0.3 is 5.97 Å². The molecule has 7 fully saturated rings. The number of hydrogen-bond acceptors (Lipinski definition) is 6. The number of pyridine rings is 1. The van der Waals surface area contributed by atoms with Crippen molar-refractivity contribution in [3.8, 4) is 0 Å². The smallest absolute Gasteiger partial charge is 0.307 e. The highest BCUT2D eigenvalue weighted by atomic mass is 32.2. The van der Waals surface area contributed by atoms with Gasteiger partial charge in [0.2, 0.25) is 0 Å². The minimum Gasteiger partial charge on any atom is -0.481 e. The number of aliphatic hydroxyl groups is 1. The molecule has 7 nitrogen and oxygen atoms in total. The Hall–Kier alpha value is -1.80. The number of aliphatic carboxylic acids is 1. The number of nitrogens with one attached hydrogen (secondary N) is 1. The molecule has 1 saturated heterocycles. The molecular formula is C27H35N3O4S. The van der Waals surface area contributed by atoms with Crippen LogP contribution in [0, 0.1) is 35.5 Å². The van der Waals surface area contributed by atoms with Gasteiger partial charge in [0.15, 0.2) is 0 Å². The maximum atomic E-state index is 13.6. The van der Waals surface area contributed by atoms with Gasteiger partial charge in [-0.15, -0.1) is 11.8 Å². The number of carbonyl (C=O) groups is 2. The second kappa shape index (κ2) is 8.10. The molecular weight excluding hydrogens is 462 g/mol. The van der Waals surface area contributed by atoms with Crippen LogP contribution in [0.15, 0.2) is 17.2 Å². The van der Waals surface area contributed by atoms with Crippen LogP contribution in [0.25, 0.3) is 0 Å². The van der Waals surface area contributed by atoms with Crippen LogP contribution in [0.3, 0.4) is 0 Å². The van der Waals surface area contributed by atoms with Crippen molar-refractivity contribution >= 4 is 29.5 Å². The summed E-state index contributed by atoms with van der Waals surface area (Å²) in [6, 6.07) is 4.05. The lowest BCUT2D eigenvalue weighted by atomic mass is 9.52. The fourth-order valence-electron chi connectivity index (χ4n) is 8.56. The Morgan fingerprint density at radius 2 is 1.74 bits per heavy atom. The molecule has 8 heteroatoms. The van der Waals surface area contributed by atoms with E-state index >= 15 is 0 Å². The number of carboxylic acids is 1. The van der Waals surface area contributed by atoms with Crippen LogP contribution in [0.5, 0.6) is 0 Å². The number of piperidine rings is 1. The van der Waals surface area contributed by atoms with E-state index in [2.05, 4.69) is 10.2 Å². The summed E-state index contributed by atoms with van der Waals surface area (Å²) in [5.41, 5.74) is 0.173. The van der Waals surface area contributed by atoms with Gasteiger partial charge in [-0.05, 0) is 86.7 Å². The number of carboxylic acid groups (broad SMARTS) is 1. The van der Waals surface area contributed by atoms with Gasteiger partial charge in [-0.2, -0.15) is 0 Å². The molecule has 4 bridgehead atoms. The Morgan fingerprint density at radius 1 is 1.06 bits per heavy atom. The maximum absolute atomic E-state index is 13.6. The van der Waals surface area contributed by atoms with Crippen LogP contribution in [0.2, 0.25) is 0 Å². The number of fused-ring (bicyclic) bond motifs is 1. The summed E-state index contributed by atoms with van der Waals surface area (Å²) in [5, 5.41) is 25.0. The molecule has 1 aromatic rings. The summed E-state index contributed by atoms with van der Waals surface area (Å²) in [6.45, 7) is 1.48. The third-order valence-corrected chi connectivity index (χ3v) is 11.4. The molecule has 6 saturated carbocycles. The third-order valence-electron chi connectivity index (χ3n) is 10.0. The summed E-state index contributed by atoms with van der Waals surface area (Å²) < 4.78 is 0. The van der Waals surface area contributed by atoms with E-state index in [1.54, 1.807) is 11.8 Å². The molecule has 188 valence electrons. The minimum absolute atomic E-state index is 0.0239. The highest BCUT2D eigenvalue weighted by molar-refractivity contribution is 7.99. The Labute approximate surface area is 210 Å². The van der Waals surface area contributed by atoms with Gasteiger partial charge in [0.05, 0.1) is 17.1 Å². The number of thioether (sulfide) groups is 1. The maximum Gasteiger partial charge on any atom is 0.307 e. The van der Waals surface area contributed by atoms with E-state index in [0.717, 1.165) is 56.0 Å². The average molecular weight is 498 g/mol. The fourth-order valence-corrected chi connectivity index (χ4v) is 9.88. The van der Waals surface area contributed by atoms with Crippen LogP contribution >= 0.6 is 11.8 Å². The Bertz CT molecular complexity index is 1030. The molecule has 6 aliphatic carbocycles. The number of carbonyl (C=O) groups excluding carboxylic acids is 1. The Balaban J connectivity index is 1.11. The van der Waals surface area contributed by atoms with E-state index < -0.39 is 11.6 Å². The number of nitrogens with zero attached hydrogens (tertiary/aromatic N) is 2. The van der Waals surface area contributed by atoms with Gasteiger partial charge in [-0.3, -0.25) is 9.59 Å². The number of hydrogen-bond donors (Lipinski definition) is 3. The lowest BCUT2D eigenvalue weighted by Gasteiger charge is -2.58. The molecule has 0 aromatic carbocycles. The minimum atomic E-state index is -0.672. The van der Waals surface area contributed by atoms with Crippen molar-refractivity contribution in [3.63, 3.8) is 0 Å². The SMILES string of the molecule is O=C(NC1C2CC3C[C@@H]1CC(O)(C3)C2)c1ccc(N2CC3C(C2)C3C(=O)O)nc1SC1CCCC1. The summed E-state index contributed by atoms with van der Waals surface area (Å²) in [5.74, 6) is 1.83. The second-order valence-electron chi connectivity index (χ2n) is 12.3. The highest BCUT2D eigenvalue weighted by Crippen LogP contribution is 2.56. The van der Waals surface area contributed by atoms with Crippen molar-refractivity contribution in [1.82, 2.24) is 10.3 Å². The summed E-state index contributed by atoms with van der Waals surface area (Å²) in [7, 11) is 0. The van der Waals surface area contributed by atoms with Crippen LogP contribution in [0.4, 0.5) is 5.82 Å². The monoisotopic (exact) mass is 497 g/mol. The molecule has 7 aliphatic rings. The third kappa shape index (κ3) is 3.86. The number of anilines is 1. The van der Waals surface area contributed by atoms with Gasteiger partial charge in [0.1, 0.15) is 10.8 Å². The molecule has 3 N–H and O–H groups in total.